The van der Waals surface area contributed by atoms with Gasteiger partial charge in [-0.1, -0.05) is 12.1 Å². The monoisotopic (exact) mass is 199 g/mol. The summed E-state index contributed by atoms with van der Waals surface area (Å²) in [5.74, 6) is 0.0417. The summed E-state index contributed by atoms with van der Waals surface area (Å²) in [6.07, 6.45) is 3.28. The lowest BCUT2D eigenvalue weighted by Gasteiger charge is -1.89. The van der Waals surface area contributed by atoms with Crippen LogP contribution < -0.4 is 0 Å². The van der Waals surface area contributed by atoms with E-state index in [2.05, 4.69) is 10.2 Å². The minimum absolute atomic E-state index is 0.0417. The van der Waals surface area contributed by atoms with Gasteiger partial charge < -0.3 is 5.11 Å². The Labute approximate surface area is 87.5 Å². The molecule has 0 saturated carbocycles. The second-order valence-electron chi connectivity index (χ2n) is 2.54. The molecular weight excluding hydrogens is 190 g/mol. The maximum atomic E-state index is 8.89. The Bertz CT molecular complexity index is 410. The van der Waals surface area contributed by atoms with Crippen LogP contribution in [0.1, 0.15) is 5.56 Å². The van der Waals surface area contributed by atoms with Crippen molar-refractivity contribution >= 4 is 0 Å². The first-order valence-corrected chi connectivity index (χ1v) is 4.24. The molecule has 0 saturated heterocycles. The lowest BCUT2D eigenvalue weighted by molar-refractivity contribution is 0.473. The molecule has 0 fully saturated rings. The summed E-state index contributed by atoms with van der Waals surface area (Å²) in [6, 6.07) is 11.9. The molecule has 1 aromatic heterocycles. The van der Waals surface area contributed by atoms with Gasteiger partial charge >= 0.3 is 0 Å². The summed E-state index contributed by atoms with van der Waals surface area (Å²) in [7, 11) is 0. The zero-order valence-corrected chi connectivity index (χ0v) is 7.91. The van der Waals surface area contributed by atoms with Crippen LogP contribution in [0.15, 0.2) is 48.8 Å². The molecule has 0 aliphatic rings. The summed E-state index contributed by atoms with van der Waals surface area (Å²) >= 11 is 0. The molecule has 0 aliphatic heterocycles. The first-order valence-electron chi connectivity index (χ1n) is 4.24. The summed E-state index contributed by atoms with van der Waals surface area (Å²) in [5.41, 5.74) is 0.317. The number of phenolic OH excluding ortho intramolecular Hbond substituents is 1. The predicted octanol–water partition coefficient (Wildman–Crippen LogP) is 1.74. The minimum Gasteiger partial charge on any atom is -0.507 e. The normalized spacial score (nSPS) is 8.20. The lowest BCUT2D eigenvalue weighted by Crippen LogP contribution is -1.71. The van der Waals surface area contributed by atoms with E-state index in [0.717, 1.165) is 0 Å². The molecule has 1 aromatic carbocycles. The van der Waals surface area contributed by atoms with E-state index in [1.165, 1.54) is 6.07 Å². The average Bonchev–Trinajstić information content (AvgIpc) is 2.33. The van der Waals surface area contributed by atoms with Gasteiger partial charge in [0.25, 0.3) is 0 Å². The number of nitriles is 1. The minimum atomic E-state index is 0.0417. The standard InChI is InChI=1S/C7H5NO.C4H4N2/c8-5-6-3-1-2-4-7(6)9;1-2-4-6-5-3-1/h1-4,9H;1-4H. The average molecular weight is 199 g/mol. The first kappa shape index (κ1) is 10.7. The van der Waals surface area contributed by atoms with E-state index in [1.807, 2.05) is 18.2 Å². The quantitative estimate of drug-likeness (QED) is 0.701. The molecule has 15 heavy (non-hydrogen) atoms. The third kappa shape index (κ3) is 3.87. The number of rotatable bonds is 0. The first-order chi connectivity index (χ1) is 7.34. The van der Waals surface area contributed by atoms with E-state index < -0.39 is 0 Å². The topological polar surface area (TPSA) is 69.8 Å². The molecule has 0 unspecified atom stereocenters. The van der Waals surface area contributed by atoms with Gasteiger partial charge in [-0.25, -0.2) is 0 Å². The molecule has 0 aliphatic carbocycles. The van der Waals surface area contributed by atoms with Crippen LogP contribution in [-0.2, 0) is 0 Å². The van der Waals surface area contributed by atoms with Gasteiger partial charge in [0.15, 0.2) is 0 Å². The van der Waals surface area contributed by atoms with Crippen LogP contribution in [0, 0.1) is 11.3 Å². The highest BCUT2D eigenvalue weighted by molar-refractivity contribution is 5.41. The number of hydrogen-bond donors (Lipinski definition) is 1. The van der Waals surface area contributed by atoms with Gasteiger partial charge in [0.05, 0.1) is 5.56 Å². The van der Waals surface area contributed by atoms with Crippen molar-refractivity contribution in [2.24, 2.45) is 0 Å². The summed E-state index contributed by atoms with van der Waals surface area (Å²) in [5, 5.41) is 24.3. The molecule has 2 rings (SSSR count). The van der Waals surface area contributed by atoms with Gasteiger partial charge in [-0.05, 0) is 24.3 Å². The van der Waals surface area contributed by atoms with Gasteiger partial charge in [-0.15, -0.1) is 0 Å². The third-order valence-corrected chi connectivity index (χ3v) is 1.51. The molecule has 2 aromatic rings. The van der Waals surface area contributed by atoms with E-state index in [-0.39, 0.29) is 5.75 Å². The van der Waals surface area contributed by atoms with E-state index in [0.29, 0.717) is 5.56 Å². The van der Waals surface area contributed by atoms with Crippen molar-refractivity contribution in [2.75, 3.05) is 0 Å². The number of aromatic hydroxyl groups is 1. The molecule has 0 bridgehead atoms. The maximum absolute atomic E-state index is 8.89. The lowest BCUT2D eigenvalue weighted by atomic mass is 10.2. The van der Waals surface area contributed by atoms with Crippen molar-refractivity contribution in [3.63, 3.8) is 0 Å². The summed E-state index contributed by atoms with van der Waals surface area (Å²) in [6.45, 7) is 0. The summed E-state index contributed by atoms with van der Waals surface area (Å²) in [4.78, 5) is 0. The van der Waals surface area contributed by atoms with Crippen molar-refractivity contribution < 1.29 is 5.11 Å². The van der Waals surface area contributed by atoms with Crippen LogP contribution in [0.4, 0.5) is 0 Å². The molecule has 1 N–H and O–H groups in total. The molecule has 4 nitrogen and oxygen atoms in total. The highest BCUT2D eigenvalue weighted by atomic mass is 16.3. The molecular formula is C11H9N3O. The SMILES string of the molecule is N#Cc1ccccc1O.c1ccnnc1. The molecule has 0 atom stereocenters. The zero-order chi connectivity index (χ0) is 10.9. The summed E-state index contributed by atoms with van der Waals surface area (Å²) < 4.78 is 0. The Hall–Kier alpha value is -2.41. The number of nitrogens with zero attached hydrogens (tertiary/aromatic N) is 3. The van der Waals surface area contributed by atoms with Crippen LogP contribution in [0.5, 0.6) is 5.75 Å². The fourth-order valence-electron chi connectivity index (χ4n) is 0.822. The van der Waals surface area contributed by atoms with Crippen molar-refractivity contribution in [3.05, 3.63) is 54.4 Å². The molecule has 0 radical (unpaired) electrons. The maximum Gasteiger partial charge on any atom is 0.133 e. The highest BCUT2D eigenvalue weighted by Gasteiger charge is 1.93. The highest BCUT2D eigenvalue weighted by Crippen LogP contribution is 2.12. The van der Waals surface area contributed by atoms with E-state index >= 15 is 0 Å². The van der Waals surface area contributed by atoms with Crippen LogP contribution in [0.3, 0.4) is 0 Å². The number of benzene rings is 1. The molecule has 1 heterocycles. The fourth-order valence-corrected chi connectivity index (χ4v) is 0.822. The third-order valence-electron chi connectivity index (χ3n) is 1.51. The number of para-hydroxylation sites is 1. The van der Waals surface area contributed by atoms with Crippen LogP contribution in [0.25, 0.3) is 0 Å². The second kappa shape index (κ2) is 6.11. The molecule has 4 heteroatoms. The molecule has 74 valence electrons. The van der Waals surface area contributed by atoms with Crippen molar-refractivity contribution in [1.82, 2.24) is 10.2 Å². The second-order valence-corrected chi connectivity index (χ2v) is 2.54. The van der Waals surface area contributed by atoms with E-state index in [9.17, 15) is 0 Å². The number of hydrogen-bond acceptors (Lipinski definition) is 4. The predicted molar refractivity (Wildman–Crippen MR) is 54.9 cm³/mol. The van der Waals surface area contributed by atoms with Gasteiger partial charge in [0, 0.05) is 12.4 Å². The smallest absolute Gasteiger partial charge is 0.133 e. The fraction of sp³-hybridized carbons (Fsp3) is 0. The molecule has 0 spiro atoms. The Morgan fingerprint density at radius 3 is 1.93 bits per heavy atom. The Balaban J connectivity index is 0.000000162. The van der Waals surface area contributed by atoms with Gasteiger partial charge in [-0.2, -0.15) is 15.5 Å². The van der Waals surface area contributed by atoms with E-state index in [1.54, 1.807) is 30.6 Å². The van der Waals surface area contributed by atoms with Crippen molar-refractivity contribution in [3.8, 4) is 11.8 Å². The Morgan fingerprint density at radius 1 is 1.00 bits per heavy atom. The van der Waals surface area contributed by atoms with Crippen LogP contribution in [-0.4, -0.2) is 15.3 Å². The zero-order valence-electron chi connectivity index (χ0n) is 7.91. The largest absolute Gasteiger partial charge is 0.507 e. The van der Waals surface area contributed by atoms with Crippen molar-refractivity contribution in [2.45, 2.75) is 0 Å². The van der Waals surface area contributed by atoms with Gasteiger partial charge in [0.2, 0.25) is 0 Å². The van der Waals surface area contributed by atoms with Crippen LogP contribution in [0.2, 0.25) is 0 Å². The van der Waals surface area contributed by atoms with Crippen LogP contribution >= 0.6 is 0 Å². The van der Waals surface area contributed by atoms with E-state index in [4.69, 9.17) is 10.4 Å². The van der Waals surface area contributed by atoms with Gasteiger partial charge in [0.1, 0.15) is 11.8 Å². The number of aromatic nitrogens is 2. The van der Waals surface area contributed by atoms with Gasteiger partial charge in [-0.3, -0.25) is 0 Å². The van der Waals surface area contributed by atoms with Crippen molar-refractivity contribution in [1.29, 1.82) is 5.26 Å². The Morgan fingerprint density at radius 2 is 1.60 bits per heavy atom. The number of phenols is 1. The Kier molecular flexibility index (Phi) is 4.34. The molecule has 0 amide bonds.